The number of nitrogens with two attached hydrogens (primary N) is 1. The summed E-state index contributed by atoms with van der Waals surface area (Å²) in [5.74, 6) is -0.515. The van der Waals surface area contributed by atoms with Crippen LogP contribution in [-0.4, -0.2) is 13.4 Å². The molecule has 21 heavy (non-hydrogen) atoms. The van der Waals surface area contributed by atoms with Crippen LogP contribution in [0.1, 0.15) is 11.1 Å². The molecular weight excluding hydrogens is 295 g/mol. The van der Waals surface area contributed by atoms with Gasteiger partial charge in [-0.25, -0.2) is 22.9 Å². The number of benzene rings is 1. The molecule has 0 spiro atoms. The summed E-state index contributed by atoms with van der Waals surface area (Å²) in [7, 11) is -3.92. The molecule has 2 aromatic rings. The van der Waals surface area contributed by atoms with Gasteiger partial charge in [-0.15, -0.1) is 0 Å². The molecular formula is C13H11FN4O2S. The van der Waals surface area contributed by atoms with E-state index in [-0.39, 0.29) is 28.4 Å². The molecule has 0 unspecified atom stereocenters. The summed E-state index contributed by atoms with van der Waals surface area (Å²) in [6, 6.07) is 8.60. The van der Waals surface area contributed by atoms with E-state index < -0.39 is 15.8 Å². The van der Waals surface area contributed by atoms with Crippen LogP contribution < -0.4 is 10.5 Å². The SMILES string of the molecule is N#Cc1ccc(CNc2ncccc2S(N)(=O)=O)c(F)c1. The molecule has 0 amide bonds. The minimum absolute atomic E-state index is 0.0110. The highest BCUT2D eigenvalue weighted by Crippen LogP contribution is 2.18. The highest BCUT2D eigenvalue weighted by molar-refractivity contribution is 7.89. The summed E-state index contributed by atoms with van der Waals surface area (Å²) < 4.78 is 36.5. The number of hydrogen-bond acceptors (Lipinski definition) is 5. The number of rotatable bonds is 4. The summed E-state index contributed by atoms with van der Waals surface area (Å²) in [4.78, 5) is 3.71. The number of pyridine rings is 1. The van der Waals surface area contributed by atoms with Crippen molar-refractivity contribution < 1.29 is 12.8 Å². The van der Waals surface area contributed by atoms with Crippen LogP contribution in [0.25, 0.3) is 0 Å². The van der Waals surface area contributed by atoms with Crippen molar-refractivity contribution in [2.45, 2.75) is 11.4 Å². The lowest BCUT2D eigenvalue weighted by Crippen LogP contribution is -2.16. The number of nitriles is 1. The first-order valence-corrected chi connectivity index (χ1v) is 7.36. The Bertz CT molecular complexity index is 815. The first-order valence-electron chi connectivity index (χ1n) is 5.82. The minimum atomic E-state index is -3.92. The first kappa shape index (κ1) is 14.9. The van der Waals surface area contributed by atoms with Crippen LogP contribution in [0.4, 0.5) is 10.2 Å². The Morgan fingerprint density at radius 2 is 2.14 bits per heavy atom. The van der Waals surface area contributed by atoms with Crippen molar-refractivity contribution in [3.63, 3.8) is 0 Å². The van der Waals surface area contributed by atoms with E-state index in [9.17, 15) is 12.8 Å². The fourth-order valence-electron chi connectivity index (χ4n) is 1.69. The molecule has 1 aromatic carbocycles. The van der Waals surface area contributed by atoms with Gasteiger partial charge in [-0.1, -0.05) is 6.07 Å². The van der Waals surface area contributed by atoms with Crippen molar-refractivity contribution in [2.75, 3.05) is 5.32 Å². The molecule has 0 atom stereocenters. The van der Waals surface area contributed by atoms with Gasteiger partial charge in [0.2, 0.25) is 10.0 Å². The molecule has 0 aliphatic heterocycles. The molecule has 0 fully saturated rings. The summed E-state index contributed by atoms with van der Waals surface area (Å²) >= 11 is 0. The summed E-state index contributed by atoms with van der Waals surface area (Å²) in [6.45, 7) is 0.0110. The quantitative estimate of drug-likeness (QED) is 0.886. The standard InChI is InChI=1S/C13H11FN4O2S/c14-11-6-9(7-15)3-4-10(11)8-18-13-12(21(16,19)20)2-1-5-17-13/h1-6H,8H2,(H,17,18)(H2,16,19,20). The van der Waals surface area contributed by atoms with Crippen LogP contribution in [0, 0.1) is 17.1 Å². The summed E-state index contributed by atoms with van der Waals surface area (Å²) in [5, 5.41) is 16.5. The second kappa shape index (κ2) is 5.87. The molecule has 0 aliphatic carbocycles. The van der Waals surface area contributed by atoms with Gasteiger partial charge in [-0.3, -0.25) is 0 Å². The number of halogens is 1. The normalized spacial score (nSPS) is 10.9. The summed E-state index contributed by atoms with van der Waals surface area (Å²) in [5.41, 5.74) is 0.485. The zero-order chi connectivity index (χ0) is 15.5. The van der Waals surface area contributed by atoms with E-state index >= 15 is 0 Å². The Labute approximate surface area is 121 Å². The molecule has 0 aliphatic rings. The van der Waals surface area contributed by atoms with E-state index in [2.05, 4.69) is 10.3 Å². The maximum absolute atomic E-state index is 13.7. The molecule has 1 heterocycles. The smallest absolute Gasteiger partial charge is 0.241 e. The molecule has 0 saturated heterocycles. The van der Waals surface area contributed by atoms with Gasteiger partial charge in [-0.2, -0.15) is 5.26 Å². The Hall–Kier alpha value is -2.50. The lowest BCUT2D eigenvalue weighted by molar-refractivity contribution is 0.597. The fraction of sp³-hybridized carbons (Fsp3) is 0.0769. The number of hydrogen-bond donors (Lipinski definition) is 2. The van der Waals surface area contributed by atoms with Gasteiger partial charge in [0.1, 0.15) is 16.5 Å². The average Bonchev–Trinajstić information content (AvgIpc) is 2.45. The van der Waals surface area contributed by atoms with E-state index in [1.54, 1.807) is 0 Å². The number of aromatic nitrogens is 1. The van der Waals surface area contributed by atoms with Crippen LogP contribution in [0.2, 0.25) is 0 Å². The number of nitrogens with zero attached hydrogens (tertiary/aromatic N) is 2. The van der Waals surface area contributed by atoms with E-state index in [4.69, 9.17) is 10.4 Å². The third kappa shape index (κ3) is 3.53. The second-order valence-electron chi connectivity index (χ2n) is 4.17. The van der Waals surface area contributed by atoms with Crippen molar-refractivity contribution in [2.24, 2.45) is 5.14 Å². The first-order chi connectivity index (χ1) is 9.91. The Balaban J connectivity index is 2.24. The molecule has 3 N–H and O–H groups in total. The monoisotopic (exact) mass is 306 g/mol. The minimum Gasteiger partial charge on any atom is -0.365 e. The second-order valence-corrected chi connectivity index (χ2v) is 5.70. The fourth-order valence-corrected chi connectivity index (χ4v) is 2.35. The average molecular weight is 306 g/mol. The van der Waals surface area contributed by atoms with E-state index in [1.165, 1.54) is 30.5 Å². The molecule has 0 radical (unpaired) electrons. The van der Waals surface area contributed by atoms with Gasteiger partial charge >= 0.3 is 0 Å². The van der Waals surface area contributed by atoms with Crippen molar-refractivity contribution in [3.8, 4) is 6.07 Å². The van der Waals surface area contributed by atoms with Crippen molar-refractivity contribution in [3.05, 3.63) is 53.5 Å². The number of sulfonamides is 1. The van der Waals surface area contributed by atoms with Gasteiger partial charge in [0.05, 0.1) is 11.6 Å². The molecule has 108 valence electrons. The van der Waals surface area contributed by atoms with Crippen molar-refractivity contribution in [1.29, 1.82) is 5.26 Å². The van der Waals surface area contributed by atoms with Crippen LogP contribution in [0.3, 0.4) is 0 Å². The van der Waals surface area contributed by atoms with Crippen LogP contribution >= 0.6 is 0 Å². The largest absolute Gasteiger partial charge is 0.365 e. The lowest BCUT2D eigenvalue weighted by atomic mass is 10.1. The van der Waals surface area contributed by atoms with Gasteiger partial charge in [0, 0.05) is 18.3 Å². The van der Waals surface area contributed by atoms with Crippen molar-refractivity contribution >= 4 is 15.8 Å². The zero-order valence-corrected chi connectivity index (χ0v) is 11.6. The number of nitrogens with one attached hydrogen (secondary N) is 1. The number of anilines is 1. The molecule has 0 bridgehead atoms. The maximum Gasteiger partial charge on any atom is 0.241 e. The molecule has 0 saturated carbocycles. The molecule has 2 rings (SSSR count). The van der Waals surface area contributed by atoms with Gasteiger partial charge < -0.3 is 5.32 Å². The van der Waals surface area contributed by atoms with Crippen LogP contribution in [0.5, 0.6) is 0 Å². The summed E-state index contributed by atoms with van der Waals surface area (Å²) in [6.07, 6.45) is 1.39. The number of primary sulfonamides is 1. The molecule has 1 aromatic heterocycles. The predicted octanol–water partition coefficient (Wildman–Crippen LogP) is 1.35. The highest BCUT2D eigenvalue weighted by Gasteiger charge is 2.14. The third-order valence-corrected chi connectivity index (χ3v) is 3.65. The highest BCUT2D eigenvalue weighted by atomic mass is 32.2. The predicted molar refractivity (Wildman–Crippen MR) is 74.1 cm³/mol. The van der Waals surface area contributed by atoms with Gasteiger partial charge in [0.15, 0.2) is 0 Å². The molecule has 6 nitrogen and oxygen atoms in total. The zero-order valence-electron chi connectivity index (χ0n) is 10.7. The van der Waals surface area contributed by atoms with Crippen LogP contribution in [0.15, 0.2) is 41.4 Å². The van der Waals surface area contributed by atoms with Crippen LogP contribution in [-0.2, 0) is 16.6 Å². The van der Waals surface area contributed by atoms with E-state index in [0.717, 1.165) is 6.07 Å². The van der Waals surface area contributed by atoms with Gasteiger partial charge in [-0.05, 0) is 24.3 Å². The lowest BCUT2D eigenvalue weighted by Gasteiger charge is -2.10. The third-order valence-electron chi connectivity index (χ3n) is 2.71. The van der Waals surface area contributed by atoms with E-state index in [0.29, 0.717) is 0 Å². The Morgan fingerprint density at radius 3 is 2.76 bits per heavy atom. The Morgan fingerprint density at radius 1 is 1.38 bits per heavy atom. The van der Waals surface area contributed by atoms with Crippen molar-refractivity contribution in [1.82, 2.24) is 4.98 Å². The van der Waals surface area contributed by atoms with E-state index in [1.807, 2.05) is 6.07 Å². The van der Waals surface area contributed by atoms with Gasteiger partial charge in [0.25, 0.3) is 0 Å². The molecule has 8 heteroatoms. The maximum atomic E-state index is 13.7. The topological polar surface area (TPSA) is 109 Å². The Kier molecular flexibility index (Phi) is 4.16.